The molecule has 2 unspecified atom stereocenters. The molecule has 94 valence electrons. The average Bonchev–Trinajstić information content (AvgIpc) is 2.35. The molecule has 1 aliphatic rings. The first kappa shape index (κ1) is 12.4. The van der Waals surface area contributed by atoms with Crippen molar-refractivity contribution in [1.82, 2.24) is 0 Å². The minimum atomic E-state index is -0.243. The fourth-order valence-corrected chi connectivity index (χ4v) is 2.31. The van der Waals surface area contributed by atoms with Gasteiger partial charge in [-0.15, -0.1) is 0 Å². The van der Waals surface area contributed by atoms with Crippen molar-refractivity contribution in [2.24, 2.45) is 0 Å². The highest BCUT2D eigenvalue weighted by Crippen LogP contribution is 2.27. The Kier molecular flexibility index (Phi) is 4.00. The van der Waals surface area contributed by atoms with Gasteiger partial charge in [-0.2, -0.15) is 0 Å². The van der Waals surface area contributed by atoms with Crippen LogP contribution < -0.4 is 4.74 Å². The third-order valence-corrected chi connectivity index (χ3v) is 3.36. The normalized spacial score (nSPS) is 24.6. The molecular weight excluding hydrogens is 219 g/mol. The lowest BCUT2D eigenvalue weighted by molar-refractivity contribution is 0.0197. The molecule has 2 nitrogen and oxygen atoms in total. The molecule has 0 spiro atoms. The highest BCUT2D eigenvalue weighted by Gasteiger charge is 2.23. The summed E-state index contributed by atoms with van der Waals surface area (Å²) in [6.45, 7) is 1.75. The summed E-state index contributed by atoms with van der Waals surface area (Å²) in [7, 11) is 1.72. The molecular formula is C14H19FO2. The van der Waals surface area contributed by atoms with Gasteiger partial charge in [0.2, 0.25) is 0 Å². The van der Waals surface area contributed by atoms with Crippen LogP contribution in [-0.2, 0) is 4.74 Å². The molecule has 1 aromatic carbocycles. The standard InChI is InChI=1S/C14H19FO2/c1-10-5-3-8-13(14(10)15)17-12-7-4-6-11(9-12)16-2/h3,5,8,11-12H,4,6-7,9H2,1-2H3. The van der Waals surface area contributed by atoms with E-state index in [4.69, 9.17) is 9.47 Å². The van der Waals surface area contributed by atoms with Crippen LogP contribution in [0.2, 0.25) is 0 Å². The number of rotatable bonds is 3. The lowest BCUT2D eigenvalue weighted by Crippen LogP contribution is -2.29. The topological polar surface area (TPSA) is 18.5 Å². The first-order valence-corrected chi connectivity index (χ1v) is 6.15. The van der Waals surface area contributed by atoms with Gasteiger partial charge in [-0.05, 0) is 37.8 Å². The van der Waals surface area contributed by atoms with Crippen LogP contribution in [0.3, 0.4) is 0 Å². The maximum absolute atomic E-state index is 13.8. The van der Waals surface area contributed by atoms with E-state index < -0.39 is 0 Å². The van der Waals surface area contributed by atoms with Crippen molar-refractivity contribution in [2.45, 2.75) is 44.8 Å². The quantitative estimate of drug-likeness (QED) is 0.802. The van der Waals surface area contributed by atoms with E-state index in [9.17, 15) is 4.39 Å². The summed E-state index contributed by atoms with van der Waals surface area (Å²) in [4.78, 5) is 0. The van der Waals surface area contributed by atoms with Gasteiger partial charge >= 0.3 is 0 Å². The molecule has 2 atom stereocenters. The molecule has 0 amide bonds. The molecule has 0 aliphatic heterocycles. The molecule has 2 rings (SSSR count). The van der Waals surface area contributed by atoms with Gasteiger partial charge in [-0.1, -0.05) is 12.1 Å². The first-order chi connectivity index (χ1) is 8.20. The van der Waals surface area contributed by atoms with Gasteiger partial charge in [0.25, 0.3) is 0 Å². The summed E-state index contributed by atoms with van der Waals surface area (Å²) in [5.41, 5.74) is 0.626. The van der Waals surface area contributed by atoms with Gasteiger partial charge in [-0.25, -0.2) is 4.39 Å². The smallest absolute Gasteiger partial charge is 0.167 e. The van der Waals surface area contributed by atoms with Gasteiger partial charge in [0, 0.05) is 13.5 Å². The second-order valence-electron chi connectivity index (χ2n) is 4.65. The Morgan fingerprint density at radius 3 is 2.76 bits per heavy atom. The molecule has 0 aromatic heterocycles. The van der Waals surface area contributed by atoms with Gasteiger partial charge < -0.3 is 9.47 Å². The van der Waals surface area contributed by atoms with E-state index in [0.717, 1.165) is 25.7 Å². The van der Waals surface area contributed by atoms with Crippen molar-refractivity contribution in [1.29, 1.82) is 0 Å². The molecule has 17 heavy (non-hydrogen) atoms. The minimum absolute atomic E-state index is 0.0741. The van der Waals surface area contributed by atoms with Crippen molar-refractivity contribution in [2.75, 3.05) is 7.11 Å². The summed E-state index contributed by atoms with van der Waals surface area (Å²) in [6, 6.07) is 5.27. The van der Waals surface area contributed by atoms with Crippen LogP contribution in [0, 0.1) is 12.7 Å². The Morgan fingerprint density at radius 1 is 1.24 bits per heavy atom. The van der Waals surface area contributed by atoms with Crippen LogP contribution in [0.4, 0.5) is 4.39 Å². The summed E-state index contributed by atoms with van der Waals surface area (Å²) >= 11 is 0. The van der Waals surface area contributed by atoms with Crippen molar-refractivity contribution < 1.29 is 13.9 Å². The van der Waals surface area contributed by atoms with Gasteiger partial charge in [0.05, 0.1) is 6.10 Å². The molecule has 1 saturated carbocycles. The number of aryl methyl sites for hydroxylation is 1. The second kappa shape index (κ2) is 5.50. The van der Waals surface area contributed by atoms with Crippen LogP contribution in [0.5, 0.6) is 5.75 Å². The highest BCUT2D eigenvalue weighted by molar-refractivity contribution is 5.30. The predicted octanol–water partition coefficient (Wildman–Crippen LogP) is 3.47. The molecule has 0 N–H and O–H groups in total. The largest absolute Gasteiger partial charge is 0.487 e. The molecule has 0 saturated heterocycles. The number of hydrogen-bond acceptors (Lipinski definition) is 2. The molecule has 0 bridgehead atoms. The van der Waals surface area contributed by atoms with E-state index in [2.05, 4.69) is 0 Å². The fourth-order valence-electron chi connectivity index (χ4n) is 2.31. The Hall–Kier alpha value is -1.09. The lowest BCUT2D eigenvalue weighted by atomic mass is 9.95. The average molecular weight is 238 g/mol. The Bertz CT molecular complexity index is 378. The Morgan fingerprint density at radius 2 is 2.00 bits per heavy atom. The SMILES string of the molecule is COC1CCCC(Oc2cccc(C)c2F)C1. The molecule has 1 aliphatic carbocycles. The predicted molar refractivity (Wildman–Crippen MR) is 64.8 cm³/mol. The zero-order valence-electron chi connectivity index (χ0n) is 10.4. The third-order valence-electron chi connectivity index (χ3n) is 3.36. The molecule has 3 heteroatoms. The van der Waals surface area contributed by atoms with Gasteiger partial charge in [0.15, 0.2) is 11.6 Å². The minimum Gasteiger partial charge on any atom is -0.487 e. The third kappa shape index (κ3) is 2.97. The van der Waals surface area contributed by atoms with Crippen molar-refractivity contribution in [3.05, 3.63) is 29.6 Å². The van der Waals surface area contributed by atoms with Crippen LogP contribution in [0.15, 0.2) is 18.2 Å². The maximum Gasteiger partial charge on any atom is 0.167 e. The lowest BCUT2D eigenvalue weighted by Gasteiger charge is -2.28. The monoisotopic (exact) mass is 238 g/mol. The van der Waals surface area contributed by atoms with Gasteiger partial charge in [-0.3, -0.25) is 0 Å². The summed E-state index contributed by atoms with van der Waals surface area (Å²) < 4.78 is 24.9. The molecule has 1 fully saturated rings. The van der Waals surface area contributed by atoms with Crippen molar-refractivity contribution >= 4 is 0 Å². The zero-order valence-corrected chi connectivity index (χ0v) is 10.4. The van der Waals surface area contributed by atoms with E-state index >= 15 is 0 Å². The number of ether oxygens (including phenoxy) is 2. The van der Waals surface area contributed by atoms with Crippen molar-refractivity contribution in [3.63, 3.8) is 0 Å². The number of hydrogen-bond donors (Lipinski definition) is 0. The second-order valence-corrected chi connectivity index (χ2v) is 4.65. The Balaban J connectivity index is 2.02. The van der Waals surface area contributed by atoms with Crippen LogP contribution in [0.25, 0.3) is 0 Å². The van der Waals surface area contributed by atoms with Crippen LogP contribution in [0.1, 0.15) is 31.2 Å². The summed E-state index contributed by atoms with van der Waals surface area (Å²) in [5, 5.41) is 0. The molecule has 1 aromatic rings. The number of halogens is 1. The zero-order chi connectivity index (χ0) is 12.3. The Labute approximate surface area is 102 Å². The number of benzene rings is 1. The van der Waals surface area contributed by atoms with E-state index in [1.165, 1.54) is 0 Å². The van der Waals surface area contributed by atoms with Crippen molar-refractivity contribution in [3.8, 4) is 5.75 Å². The first-order valence-electron chi connectivity index (χ1n) is 6.15. The van der Waals surface area contributed by atoms with Gasteiger partial charge in [0.1, 0.15) is 6.10 Å². The molecule has 0 radical (unpaired) electrons. The van der Waals surface area contributed by atoms with Crippen LogP contribution in [-0.4, -0.2) is 19.3 Å². The van der Waals surface area contributed by atoms with E-state index in [-0.39, 0.29) is 18.0 Å². The fraction of sp³-hybridized carbons (Fsp3) is 0.571. The summed E-state index contributed by atoms with van der Waals surface area (Å²) in [6.07, 6.45) is 4.31. The highest BCUT2D eigenvalue weighted by atomic mass is 19.1. The maximum atomic E-state index is 13.8. The van der Waals surface area contributed by atoms with Crippen LogP contribution >= 0.6 is 0 Å². The van der Waals surface area contributed by atoms with E-state index in [0.29, 0.717) is 11.3 Å². The number of methoxy groups -OCH3 is 1. The summed E-state index contributed by atoms with van der Waals surface area (Å²) in [5.74, 6) is 0.124. The molecule has 0 heterocycles. The van der Waals surface area contributed by atoms with E-state index in [1.807, 2.05) is 6.07 Å². The van der Waals surface area contributed by atoms with E-state index in [1.54, 1.807) is 26.2 Å².